The van der Waals surface area contributed by atoms with E-state index in [1.54, 1.807) is 6.20 Å². The van der Waals surface area contributed by atoms with E-state index < -0.39 is 0 Å². The minimum atomic E-state index is 0.0511. The number of rotatable bonds is 6. The van der Waals surface area contributed by atoms with Crippen LogP contribution in [-0.4, -0.2) is 76.5 Å². The number of aliphatic hydroxyl groups is 1. The lowest BCUT2D eigenvalue weighted by Gasteiger charge is -2.34. The largest absolute Gasteiger partial charge is 0.395 e. The molecule has 118 valence electrons. The summed E-state index contributed by atoms with van der Waals surface area (Å²) in [5.41, 5.74) is 7.10. The van der Waals surface area contributed by atoms with Crippen LogP contribution in [0.4, 0.5) is 0 Å². The van der Waals surface area contributed by atoms with Crippen molar-refractivity contribution in [1.29, 1.82) is 0 Å². The molecule has 0 atom stereocenters. The third-order valence-corrected chi connectivity index (χ3v) is 3.98. The minimum absolute atomic E-state index is 0.0511. The quantitative estimate of drug-likeness (QED) is 0.724. The van der Waals surface area contributed by atoms with E-state index in [0.29, 0.717) is 31.7 Å². The van der Waals surface area contributed by atoms with E-state index in [9.17, 15) is 4.79 Å². The van der Waals surface area contributed by atoms with Crippen molar-refractivity contribution in [3.05, 3.63) is 17.5 Å². The smallest absolute Gasteiger partial charge is 0.257 e. The third kappa shape index (κ3) is 3.81. The highest BCUT2D eigenvalue weighted by Crippen LogP contribution is 2.13. The summed E-state index contributed by atoms with van der Waals surface area (Å²) in [6.45, 7) is 7.17. The number of β-amino-alcohol motifs (C(OH)–C–C–N with tert-alkyl or cyclic N) is 1. The minimum Gasteiger partial charge on any atom is -0.395 e. The molecule has 2 rings (SSSR count). The van der Waals surface area contributed by atoms with Crippen LogP contribution in [0.5, 0.6) is 0 Å². The molecule has 0 aromatic carbocycles. The molecule has 1 aromatic heterocycles. The molecular formula is C14H25N5O2. The Hall–Kier alpha value is -1.44. The van der Waals surface area contributed by atoms with Gasteiger partial charge in [-0.1, -0.05) is 0 Å². The molecule has 0 aliphatic carbocycles. The Balaban J connectivity index is 1.96. The third-order valence-electron chi connectivity index (χ3n) is 3.98. The van der Waals surface area contributed by atoms with Crippen molar-refractivity contribution in [3.8, 4) is 0 Å². The average molecular weight is 295 g/mol. The Kier molecular flexibility index (Phi) is 5.72. The molecule has 2 heterocycles. The van der Waals surface area contributed by atoms with Crippen LogP contribution in [0.25, 0.3) is 0 Å². The highest BCUT2D eigenvalue weighted by atomic mass is 16.3. The zero-order chi connectivity index (χ0) is 15.2. The fraction of sp³-hybridized carbons (Fsp3) is 0.714. The molecule has 1 saturated heterocycles. The number of piperazine rings is 1. The van der Waals surface area contributed by atoms with Crippen LogP contribution >= 0.6 is 0 Å². The molecule has 1 aromatic rings. The van der Waals surface area contributed by atoms with Crippen molar-refractivity contribution in [3.63, 3.8) is 0 Å². The molecule has 0 saturated carbocycles. The summed E-state index contributed by atoms with van der Waals surface area (Å²) >= 11 is 0. The molecule has 1 aliphatic heterocycles. The Morgan fingerprint density at radius 2 is 2.05 bits per heavy atom. The van der Waals surface area contributed by atoms with Crippen LogP contribution in [-0.2, 0) is 6.54 Å². The van der Waals surface area contributed by atoms with Gasteiger partial charge in [0.25, 0.3) is 5.91 Å². The standard InChI is InChI=1S/C14H25N5O2/c1-12-13(11-16-19(12)4-2-3-15)14(21)18-7-5-17(6-8-18)9-10-20/h11,20H,2-10,15H2,1H3. The lowest BCUT2D eigenvalue weighted by Crippen LogP contribution is -2.49. The van der Waals surface area contributed by atoms with Gasteiger partial charge in [0.05, 0.1) is 18.4 Å². The van der Waals surface area contributed by atoms with Crippen LogP contribution in [0.3, 0.4) is 0 Å². The van der Waals surface area contributed by atoms with Crippen molar-refractivity contribution in [2.75, 3.05) is 45.9 Å². The first-order chi connectivity index (χ1) is 10.2. The second-order valence-electron chi connectivity index (χ2n) is 5.37. The maximum Gasteiger partial charge on any atom is 0.257 e. The SMILES string of the molecule is Cc1c(C(=O)N2CCN(CCO)CC2)cnn1CCCN. The summed E-state index contributed by atoms with van der Waals surface area (Å²) in [6, 6.07) is 0. The van der Waals surface area contributed by atoms with Crippen LogP contribution in [0.1, 0.15) is 22.5 Å². The van der Waals surface area contributed by atoms with E-state index >= 15 is 0 Å². The lowest BCUT2D eigenvalue weighted by molar-refractivity contribution is 0.0614. The predicted molar refractivity (Wildman–Crippen MR) is 80.1 cm³/mol. The molecular weight excluding hydrogens is 270 g/mol. The number of nitrogens with two attached hydrogens (primary N) is 1. The summed E-state index contributed by atoms with van der Waals surface area (Å²) in [5, 5.41) is 13.2. The number of amides is 1. The van der Waals surface area contributed by atoms with Gasteiger partial charge in [-0.05, 0) is 19.9 Å². The first-order valence-electron chi connectivity index (χ1n) is 7.52. The molecule has 3 N–H and O–H groups in total. The van der Waals surface area contributed by atoms with Gasteiger partial charge in [-0.2, -0.15) is 5.10 Å². The van der Waals surface area contributed by atoms with Crippen molar-refractivity contribution in [2.45, 2.75) is 19.9 Å². The molecule has 0 unspecified atom stereocenters. The summed E-state index contributed by atoms with van der Waals surface area (Å²) in [4.78, 5) is 16.6. The Morgan fingerprint density at radius 3 is 2.67 bits per heavy atom. The van der Waals surface area contributed by atoms with Gasteiger partial charge in [-0.3, -0.25) is 14.4 Å². The first kappa shape index (κ1) is 15.9. The zero-order valence-electron chi connectivity index (χ0n) is 12.7. The molecule has 1 amide bonds. The monoisotopic (exact) mass is 295 g/mol. The maximum absolute atomic E-state index is 12.6. The van der Waals surface area contributed by atoms with Crippen LogP contribution < -0.4 is 5.73 Å². The Morgan fingerprint density at radius 1 is 1.33 bits per heavy atom. The van der Waals surface area contributed by atoms with Crippen molar-refractivity contribution < 1.29 is 9.90 Å². The normalized spacial score (nSPS) is 16.4. The molecule has 1 aliphatic rings. The molecule has 7 heteroatoms. The summed E-state index contributed by atoms with van der Waals surface area (Å²) < 4.78 is 1.85. The van der Waals surface area contributed by atoms with Crippen molar-refractivity contribution in [1.82, 2.24) is 19.6 Å². The van der Waals surface area contributed by atoms with Gasteiger partial charge >= 0.3 is 0 Å². The summed E-state index contributed by atoms with van der Waals surface area (Å²) in [6.07, 6.45) is 2.52. The number of carbonyl (C=O) groups is 1. The maximum atomic E-state index is 12.6. The number of aliphatic hydroxyl groups excluding tert-OH is 1. The van der Waals surface area contributed by atoms with Gasteiger partial charge in [-0.15, -0.1) is 0 Å². The van der Waals surface area contributed by atoms with E-state index in [-0.39, 0.29) is 12.5 Å². The van der Waals surface area contributed by atoms with E-state index in [1.165, 1.54) is 0 Å². The van der Waals surface area contributed by atoms with Crippen LogP contribution in [0.15, 0.2) is 6.20 Å². The number of aromatic nitrogens is 2. The number of aryl methyl sites for hydroxylation is 1. The van der Waals surface area contributed by atoms with Gasteiger partial charge < -0.3 is 15.7 Å². The van der Waals surface area contributed by atoms with Crippen molar-refractivity contribution in [2.24, 2.45) is 5.73 Å². The van der Waals surface area contributed by atoms with E-state index in [0.717, 1.165) is 31.7 Å². The van der Waals surface area contributed by atoms with Gasteiger partial charge in [0.2, 0.25) is 0 Å². The molecule has 1 fully saturated rings. The number of hydrogen-bond acceptors (Lipinski definition) is 5. The highest BCUT2D eigenvalue weighted by Gasteiger charge is 2.24. The summed E-state index contributed by atoms with van der Waals surface area (Å²) in [5.74, 6) is 0.0511. The zero-order valence-corrected chi connectivity index (χ0v) is 12.7. The van der Waals surface area contributed by atoms with Crippen LogP contribution in [0, 0.1) is 6.92 Å². The Labute approximate surface area is 125 Å². The topological polar surface area (TPSA) is 87.6 Å². The van der Waals surface area contributed by atoms with Crippen LogP contribution in [0.2, 0.25) is 0 Å². The van der Waals surface area contributed by atoms with Gasteiger partial charge in [-0.25, -0.2) is 0 Å². The molecule has 7 nitrogen and oxygen atoms in total. The highest BCUT2D eigenvalue weighted by molar-refractivity contribution is 5.95. The fourth-order valence-corrected chi connectivity index (χ4v) is 2.61. The molecule has 0 radical (unpaired) electrons. The Bertz CT molecular complexity index is 466. The second kappa shape index (κ2) is 7.53. The number of nitrogens with zero attached hydrogens (tertiary/aromatic N) is 4. The van der Waals surface area contributed by atoms with E-state index in [4.69, 9.17) is 10.8 Å². The van der Waals surface area contributed by atoms with Gasteiger partial charge in [0, 0.05) is 45.0 Å². The predicted octanol–water partition coefficient (Wildman–Crippen LogP) is -0.710. The average Bonchev–Trinajstić information content (AvgIpc) is 2.86. The van der Waals surface area contributed by atoms with E-state index in [1.807, 2.05) is 16.5 Å². The molecule has 0 bridgehead atoms. The molecule has 0 spiro atoms. The lowest BCUT2D eigenvalue weighted by atomic mass is 10.2. The van der Waals surface area contributed by atoms with Crippen molar-refractivity contribution >= 4 is 5.91 Å². The van der Waals surface area contributed by atoms with E-state index in [2.05, 4.69) is 10.00 Å². The first-order valence-corrected chi connectivity index (χ1v) is 7.52. The molecule has 21 heavy (non-hydrogen) atoms. The number of carbonyl (C=O) groups excluding carboxylic acids is 1. The second-order valence-corrected chi connectivity index (χ2v) is 5.37. The number of hydrogen-bond donors (Lipinski definition) is 2. The summed E-state index contributed by atoms with van der Waals surface area (Å²) in [7, 11) is 0. The van der Waals surface area contributed by atoms with Gasteiger partial charge in [0.15, 0.2) is 0 Å². The fourth-order valence-electron chi connectivity index (χ4n) is 2.61. The van der Waals surface area contributed by atoms with Gasteiger partial charge in [0.1, 0.15) is 0 Å².